The van der Waals surface area contributed by atoms with Crippen LogP contribution in [0.25, 0.3) is 0 Å². The van der Waals surface area contributed by atoms with E-state index in [1.165, 1.54) is 17.0 Å². The van der Waals surface area contributed by atoms with Gasteiger partial charge in [-0.3, -0.25) is 19.1 Å². The number of carbonyl (C=O) groups is 3. The van der Waals surface area contributed by atoms with Crippen molar-refractivity contribution in [3.63, 3.8) is 0 Å². The number of benzene rings is 1. The first-order chi connectivity index (χ1) is 17.7. The van der Waals surface area contributed by atoms with E-state index in [1.807, 2.05) is 13.8 Å². The second-order valence-corrected chi connectivity index (χ2v) is 11.5. The first-order valence-electron chi connectivity index (χ1n) is 12.4. The summed E-state index contributed by atoms with van der Waals surface area (Å²) in [4.78, 5) is 39.5. The number of ketones is 1. The summed E-state index contributed by atoms with van der Waals surface area (Å²) >= 11 is 12.4. The van der Waals surface area contributed by atoms with E-state index >= 15 is 0 Å². The van der Waals surface area contributed by atoms with Crippen LogP contribution in [0.3, 0.4) is 0 Å². The maximum Gasteiger partial charge on any atom is 0.433 e. The molecule has 1 aromatic carbocycles. The molecule has 0 radical (unpaired) electrons. The average molecular weight is 574 g/mol. The van der Waals surface area contributed by atoms with Gasteiger partial charge in [0.1, 0.15) is 0 Å². The summed E-state index contributed by atoms with van der Waals surface area (Å²) in [6.45, 7) is 3.29. The SMILES string of the molecule is CC1(C)CC[C@H]1N(CC(=O)c1c(Cl)cccc1Cl)C(=O)c1cnn([C@H]2CC[C@@H](C(=O)O)CC2)c1C(F)(F)F. The number of nitrogens with zero attached hydrogens (tertiary/aromatic N) is 3. The molecule has 0 bridgehead atoms. The molecule has 1 heterocycles. The summed E-state index contributed by atoms with van der Waals surface area (Å²) in [6.07, 6.45) is -1.91. The van der Waals surface area contributed by atoms with Crippen LogP contribution in [0.15, 0.2) is 24.4 Å². The highest BCUT2D eigenvalue weighted by atomic mass is 35.5. The molecule has 206 valence electrons. The Hall–Kier alpha value is -2.59. The highest BCUT2D eigenvalue weighted by Crippen LogP contribution is 2.45. The molecular weight excluding hydrogens is 546 g/mol. The molecule has 2 aliphatic rings. The fourth-order valence-electron chi connectivity index (χ4n) is 5.55. The van der Waals surface area contributed by atoms with Crippen molar-refractivity contribution in [3.8, 4) is 0 Å². The third-order valence-electron chi connectivity index (χ3n) is 7.84. The van der Waals surface area contributed by atoms with Crippen LogP contribution in [-0.4, -0.2) is 50.0 Å². The Morgan fingerprint density at radius 3 is 2.18 bits per heavy atom. The molecule has 2 saturated carbocycles. The van der Waals surface area contributed by atoms with Crippen LogP contribution < -0.4 is 0 Å². The largest absolute Gasteiger partial charge is 0.481 e. The Morgan fingerprint density at radius 2 is 1.71 bits per heavy atom. The number of aromatic nitrogens is 2. The number of hydrogen-bond acceptors (Lipinski definition) is 4. The molecule has 1 atom stereocenters. The van der Waals surface area contributed by atoms with Crippen molar-refractivity contribution in [2.75, 3.05) is 6.54 Å². The second-order valence-electron chi connectivity index (χ2n) is 10.7. The third-order valence-corrected chi connectivity index (χ3v) is 8.47. The van der Waals surface area contributed by atoms with Crippen molar-refractivity contribution in [2.24, 2.45) is 11.3 Å². The Labute approximate surface area is 227 Å². The number of hydrogen-bond donors (Lipinski definition) is 1. The van der Waals surface area contributed by atoms with Gasteiger partial charge in [0.05, 0.1) is 45.9 Å². The maximum atomic E-state index is 14.4. The van der Waals surface area contributed by atoms with Crippen molar-refractivity contribution in [1.82, 2.24) is 14.7 Å². The molecule has 12 heteroatoms. The van der Waals surface area contributed by atoms with Crippen LogP contribution in [0, 0.1) is 11.3 Å². The van der Waals surface area contributed by atoms with E-state index in [0.29, 0.717) is 6.42 Å². The molecule has 2 aromatic rings. The van der Waals surface area contributed by atoms with E-state index in [4.69, 9.17) is 23.2 Å². The molecule has 7 nitrogen and oxygen atoms in total. The lowest BCUT2D eigenvalue weighted by atomic mass is 9.66. The normalized spacial score (nSPS) is 23.0. The summed E-state index contributed by atoms with van der Waals surface area (Å²) < 4.78 is 43.9. The van der Waals surface area contributed by atoms with Gasteiger partial charge in [0, 0.05) is 6.04 Å². The molecule has 2 fully saturated rings. The number of aliphatic carboxylic acids is 1. The monoisotopic (exact) mass is 573 g/mol. The van der Waals surface area contributed by atoms with E-state index < -0.39 is 65.1 Å². The van der Waals surface area contributed by atoms with Crippen LogP contribution in [0.1, 0.15) is 84.8 Å². The molecule has 2 aliphatic carbocycles. The van der Waals surface area contributed by atoms with Crippen LogP contribution in [0.2, 0.25) is 10.0 Å². The van der Waals surface area contributed by atoms with Crippen molar-refractivity contribution in [1.29, 1.82) is 0 Å². The number of halogens is 5. The topological polar surface area (TPSA) is 92.5 Å². The van der Waals surface area contributed by atoms with Crippen molar-refractivity contribution in [2.45, 2.75) is 70.6 Å². The van der Waals surface area contributed by atoms with Crippen LogP contribution in [0.5, 0.6) is 0 Å². The van der Waals surface area contributed by atoms with Gasteiger partial charge in [0.2, 0.25) is 0 Å². The first-order valence-corrected chi connectivity index (χ1v) is 13.1. The summed E-state index contributed by atoms with van der Waals surface area (Å²) in [5.41, 5.74) is -2.23. The van der Waals surface area contributed by atoms with E-state index in [-0.39, 0.29) is 41.3 Å². The summed E-state index contributed by atoms with van der Waals surface area (Å²) in [5, 5.41) is 13.4. The smallest absolute Gasteiger partial charge is 0.433 e. The van der Waals surface area contributed by atoms with Crippen molar-refractivity contribution in [3.05, 3.63) is 51.3 Å². The second kappa shape index (κ2) is 10.5. The van der Waals surface area contributed by atoms with Gasteiger partial charge < -0.3 is 10.0 Å². The minimum atomic E-state index is -4.90. The predicted octanol–water partition coefficient (Wildman–Crippen LogP) is 6.54. The van der Waals surface area contributed by atoms with E-state index in [9.17, 15) is 32.7 Å². The Bertz CT molecular complexity index is 1230. The van der Waals surface area contributed by atoms with Gasteiger partial charge in [-0.15, -0.1) is 0 Å². The van der Waals surface area contributed by atoms with Gasteiger partial charge in [-0.1, -0.05) is 43.1 Å². The first kappa shape index (κ1) is 28.4. The zero-order valence-corrected chi connectivity index (χ0v) is 22.4. The lowest BCUT2D eigenvalue weighted by molar-refractivity contribution is -0.147. The summed E-state index contributed by atoms with van der Waals surface area (Å²) in [5.74, 6) is -3.11. The van der Waals surface area contributed by atoms with Crippen molar-refractivity contribution < 1.29 is 32.7 Å². The summed E-state index contributed by atoms with van der Waals surface area (Å²) in [6, 6.07) is 3.35. The summed E-state index contributed by atoms with van der Waals surface area (Å²) in [7, 11) is 0. The van der Waals surface area contributed by atoms with Crippen LogP contribution in [0.4, 0.5) is 13.2 Å². The highest BCUT2D eigenvalue weighted by Gasteiger charge is 2.48. The number of carboxylic acid groups (broad SMARTS) is 1. The van der Waals surface area contributed by atoms with Gasteiger partial charge in [-0.25, -0.2) is 0 Å². The molecule has 1 N–H and O–H groups in total. The number of carboxylic acids is 1. The number of rotatable bonds is 7. The molecule has 0 unspecified atom stereocenters. The zero-order chi connectivity index (χ0) is 28.0. The zero-order valence-electron chi connectivity index (χ0n) is 20.9. The maximum absolute atomic E-state index is 14.4. The molecule has 0 spiro atoms. The molecule has 0 saturated heterocycles. The predicted molar refractivity (Wildman–Crippen MR) is 134 cm³/mol. The van der Waals surface area contributed by atoms with Crippen LogP contribution >= 0.6 is 23.2 Å². The van der Waals surface area contributed by atoms with Gasteiger partial charge in [-0.2, -0.15) is 18.3 Å². The molecule has 38 heavy (non-hydrogen) atoms. The standard InChI is InChI=1S/C26H28Cl2F3N3O4/c1-25(2)11-10-20(25)33(13-19(35)21-17(27)4-3-5-18(21)28)23(36)16-12-32-34(22(16)26(29,30)31)15-8-6-14(7-9-15)24(37)38/h3-5,12,14-15,20H,6-11,13H2,1-2H3,(H,37,38)/t14-,15+,20-/m1/s1. The van der Waals surface area contributed by atoms with E-state index in [1.54, 1.807) is 6.07 Å². The molecule has 1 aromatic heterocycles. The van der Waals surface area contributed by atoms with Gasteiger partial charge in [-0.05, 0) is 56.1 Å². The van der Waals surface area contributed by atoms with E-state index in [0.717, 1.165) is 17.3 Å². The van der Waals surface area contributed by atoms with Crippen LogP contribution in [-0.2, 0) is 11.0 Å². The lowest BCUT2D eigenvalue weighted by Gasteiger charge is -2.50. The number of Topliss-reactive ketones (excluding diaryl/α,β-unsaturated/α-hetero) is 1. The Morgan fingerprint density at radius 1 is 1.11 bits per heavy atom. The van der Waals surface area contributed by atoms with E-state index in [2.05, 4.69) is 5.10 Å². The van der Waals surface area contributed by atoms with Gasteiger partial charge >= 0.3 is 12.1 Å². The lowest BCUT2D eigenvalue weighted by Crippen LogP contribution is -2.56. The molecule has 4 rings (SSSR count). The van der Waals surface area contributed by atoms with Crippen molar-refractivity contribution >= 4 is 40.9 Å². The number of carbonyl (C=O) groups excluding carboxylic acids is 2. The van der Waals surface area contributed by atoms with Gasteiger partial charge in [0.25, 0.3) is 5.91 Å². The Kier molecular flexibility index (Phi) is 7.87. The molecule has 1 amide bonds. The molecule has 0 aliphatic heterocycles. The Balaban J connectivity index is 1.70. The number of amides is 1. The fraction of sp³-hybridized carbons (Fsp3) is 0.538. The van der Waals surface area contributed by atoms with Gasteiger partial charge in [0.15, 0.2) is 11.5 Å². The minimum Gasteiger partial charge on any atom is -0.481 e. The fourth-order valence-corrected chi connectivity index (χ4v) is 6.16. The average Bonchev–Trinajstić information content (AvgIpc) is 3.28. The minimum absolute atomic E-state index is 0.00712. The highest BCUT2D eigenvalue weighted by molar-refractivity contribution is 6.40. The quantitative estimate of drug-likeness (QED) is 0.380. The number of alkyl halides is 3. The third kappa shape index (κ3) is 5.43. The molecular formula is C26H28Cl2F3N3O4.